The fraction of sp³-hybridized carbons (Fsp3) is 0.368. The molecule has 0 spiro atoms. The van der Waals surface area contributed by atoms with Gasteiger partial charge in [-0.25, -0.2) is 4.39 Å². The maximum atomic E-state index is 13.6. The van der Waals surface area contributed by atoms with Crippen LogP contribution in [0.1, 0.15) is 24.1 Å². The van der Waals surface area contributed by atoms with E-state index in [-0.39, 0.29) is 11.9 Å². The minimum atomic E-state index is -0.294. The highest BCUT2D eigenvalue weighted by Crippen LogP contribution is 2.38. The van der Waals surface area contributed by atoms with Gasteiger partial charge in [-0.15, -0.1) is 0 Å². The van der Waals surface area contributed by atoms with Crippen molar-refractivity contribution in [2.45, 2.75) is 19.5 Å². The molecule has 6 heteroatoms. The average Bonchev–Trinajstić information content (AvgIpc) is 2.64. The molecule has 136 valence electrons. The van der Waals surface area contributed by atoms with Gasteiger partial charge in [-0.1, -0.05) is 0 Å². The zero-order valence-electron chi connectivity index (χ0n) is 15.2. The van der Waals surface area contributed by atoms with Crippen LogP contribution < -0.4 is 24.3 Å². The lowest BCUT2D eigenvalue weighted by atomic mass is 10.1. The van der Waals surface area contributed by atoms with Crippen molar-refractivity contribution in [2.75, 3.05) is 28.4 Å². The topological polar surface area (TPSA) is 49.0 Å². The van der Waals surface area contributed by atoms with Crippen LogP contribution in [0.15, 0.2) is 30.3 Å². The van der Waals surface area contributed by atoms with Crippen LogP contribution in [0, 0.1) is 5.82 Å². The minimum Gasteiger partial charge on any atom is -0.496 e. The Hall–Kier alpha value is -2.47. The molecule has 0 heterocycles. The molecule has 5 nitrogen and oxygen atoms in total. The lowest BCUT2D eigenvalue weighted by Gasteiger charge is -2.19. The fourth-order valence-corrected chi connectivity index (χ4v) is 2.66. The highest BCUT2D eigenvalue weighted by Gasteiger charge is 2.15. The van der Waals surface area contributed by atoms with Crippen LogP contribution in [0.5, 0.6) is 23.0 Å². The molecular weight excluding hydrogens is 325 g/mol. The first-order chi connectivity index (χ1) is 12.0. The Balaban J connectivity index is 2.19. The van der Waals surface area contributed by atoms with Gasteiger partial charge in [0.15, 0.2) is 11.5 Å². The van der Waals surface area contributed by atoms with Gasteiger partial charge in [0.25, 0.3) is 0 Å². The highest BCUT2D eigenvalue weighted by atomic mass is 19.1. The maximum absolute atomic E-state index is 13.6. The molecular formula is C19H24FNO4. The number of methoxy groups -OCH3 is 4. The van der Waals surface area contributed by atoms with E-state index in [2.05, 4.69) is 5.32 Å². The quantitative estimate of drug-likeness (QED) is 0.787. The number of hydrogen-bond acceptors (Lipinski definition) is 5. The largest absolute Gasteiger partial charge is 0.496 e. The fourth-order valence-electron chi connectivity index (χ4n) is 2.66. The van der Waals surface area contributed by atoms with Crippen LogP contribution in [-0.2, 0) is 6.54 Å². The van der Waals surface area contributed by atoms with Crippen LogP contribution in [0.25, 0.3) is 0 Å². The van der Waals surface area contributed by atoms with Crippen LogP contribution in [0.4, 0.5) is 4.39 Å². The normalized spacial score (nSPS) is 11.8. The van der Waals surface area contributed by atoms with E-state index in [9.17, 15) is 4.39 Å². The number of nitrogens with one attached hydrogen (secondary N) is 1. The molecule has 0 aliphatic heterocycles. The number of ether oxygens (including phenoxy) is 4. The van der Waals surface area contributed by atoms with Gasteiger partial charge in [-0.3, -0.25) is 0 Å². The summed E-state index contributed by atoms with van der Waals surface area (Å²) in [5.74, 6) is 2.08. The van der Waals surface area contributed by atoms with Crippen LogP contribution >= 0.6 is 0 Å². The number of benzene rings is 2. The average molecular weight is 349 g/mol. The number of hydrogen-bond donors (Lipinski definition) is 1. The van der Waals surface area contributed by atoms with E-state index < -0.39 is 0 Å². The van der Waals surface area contributed by atoms with E-state index in [0.717, 1.165) is 11.1 Å². The third-order valence-corrected chi connectivity index (χ3v) is 4.00. The van der Waals surface area contributed by atoms with Crippen LogP contribution in [0.2, 0.25) is 0 Å². The van der Waals surface area contributed by atoms with Gasteiger partial charge < -0.3 is 24.3 Å². The van der Waals surface area contributed by atoms with Crippen LogP contribution in [-0.4, -0.2) is 28.4 Å². The summed E-state index contributed by atoms with van der Waals surface area (Å²) in [4.78, 5) is 0. The predicted octanol–water partition coefficient (Wildman–Crippen LogP) is 3.71. The molecule has 0 bridgehead atoms. The second-order valence-electron chi connectivity index (χ2n) is 5.52. The van der Waals surface area contributed by atoms with E-state index >= 15 is 0 Å². The third-order valence-electron chi connectivity index (χ3n) is 4.00. The maximum Gasteiger partial charge on any atom is 0.203 e. The Morgan fingerprint density at radius 1 is 0.880 bits per heavy atom. The van der Waals surface area contributed by atoms with Crippen molar-refractivity contribution in [1.29, 1.82) is 0 Å². The summed E-state index contributed by atoms with van der Waals surface area (Å²) in [7, 11) is 6.29. The van der Waals surface area contributed by atoms with Gasteiger partial charge in [0, 0.05) is 18.2 Å². The summed E-state index contributed by atoms with van der Waals surface area (Å²) < 4.78 is 34.9. The summed E-state index contributed by atoms with van der Waals surface area (Å²) in [6.07, 6.45) is 0. The monoisotopic (exact) mass is 349 g/mol. The zero-order valence-corrected chi connectivity index (χ0v) is 15.2. The van der Waals surface area contributed by atoms with Gasteiger partial charge >= 0.3 is 0 Å². The van der Waals surface area contributed by atoms with E-state index in [1.807, 2.05) is 19.1 Å². The first-order valence-corrected chi connectivity index (χ1v) is 7.89. The second kappa shape index (κ2) is 8.58. The van der Waals surface area contributed by atoms with Gasteiger partial charge in [0.2, 0.25) is 5.75 Å². The molecule has 0 unspecified atom stereocenters. The standard InChI is InChI=1S/C19H24FNO4/c1-12(15-10-14(20)6-7-16(15)22-2)21-11-13-8-17(23-3)19(25-5)18(9-13)24-4/h6-10,12,21H,11H2,1-5H3/t12-/m1/s1. The molecule has 0 saturated carbocycles. The van der Waals surface area contributed by atoms with E-state index in [0.29, 0.717) is 29.5 Å². The minimum absolute atomic E-state index is 0.107. The first-order valence-electron chi connectivity index (χ1n) is 7.89. The molecule has 25 heavy (non-hydrogen) atoms. The molecule has 0 aliphatic carbocycles. The molecule has 0 radical (unpaired) electrons. The zero-order chi connectivity index (χ0) is 18.4. The molecule has 0 fully saturated rings. The Morgan fingerprint density at radius 3 is 2.00 bits per heavy atom. The van der Waals surface area contributed by atoms with E-state index in [1.54, 1.807) is 34.5 Å². The lowest BCUT2D eigenvalue weighted by Crippen LogP contribution is -2.19. The van der Waals surface area contributed by atoms with Crippen molar-refractivity contribution < 1.29 is 23.3 Å². The molecule has 1 atom stereocenters. The summed E-state index contributed by atoms with van der Waals surface area (Å²) in [5, 5.41) is 3.36. The molecule has 2 rings (SSSR count). The Morgan fingerprint density at radius 2 is 1.48 bits per heavy atom. The van der Waals surface area contributed by atoms with Gasteiger partial charge in [0.05, 0.1) is 28.4 Å². The summed E-state index contributed by atoms with van der Waals surface area (Å²) in [6.45, 7) is 2.49. The van der Waals surface area contributed by atoms with Gasteiger partial charge in [-0.05, 0) is 42.8 Å². The van der Waals surface area contributed by atoms with Gasteiger partial charge in [0.1, 0.15) is 11.6 Å². The molecule has 0 saturated heterocycles. The van der Waals surface area contributed by atoms with Crippen molar-refractivity contribution >= 4 is 0 Å². The Bertz CT molecular complexity index is 696. The molecule has 0 aliphatic rings. The number of halogens is 1. The smallest absolute Gasteiger partial charge is 0.203 e. The highest BCUT2D eigenvalue weighted by molar-refractivity contribution is 5.53. The Labute approximate surface area is 147 Å². The lowest BCUT2D eigenvalue weighted by molar-refractivity contribution is 0.323. The molecule has 0 aromatic heterocycles. The van der Waals surface area contributed by atoms with Crippen molar-refractivity contribution in [1.82, 2.24) is 5.32 Å². The van der Waals surface area contributed by atoms with Gasteiger partial charge in [-0.2, -0.15) is 0 Å². The SMILES string of the molecule is COc1ccc(F)cc1[C@@H](C)NCc1cc(OC)c(OC)c(OC)c1. The van der Waals surface area contributed by atoms with E-state index in [1.165, 1.54) is 12.1 Å². The summed E-state index contributed by atoms with van der Waals surface area (Å²) in [6, 6.07) is 8.14. The molecule has 2 aromatic rings. The third kappa shape index (κ3) is 4.33. The van der Waals surface area contributed by atoms with Crippen molar-refractivity contribution in [3.8, 4) is 23.0 Å². The van der Waals surface area contributed by atoms with Crippen molar-refractivity contribution in [3.05, 3.63) is 47.3 Å². The predicted molar refractivity (Wildman–Crippen MR) is 94.3 cm³/mol. The Kier molecular flexibility index (Phi) is 6.47. The second-order valence-corrected chi connectivity index (χ2v) is 5.52. The van der Waals surface area contributed by atoms with Crippen LogP contribution in [0.3, 0.4) is 0 Å². The molecule has 0 amide bonds. The molecule has 2 aromatic carbocycles. The van der Waals surface area contributed by atoms with Crippen molar-refractivity contribution in [2.24, 2.45) is 0 Å². The molecule has 1 N–H and O–H groups in total. The van der Waals surface area contributed by atoms with Crippen molar-refractivity contribution in [3.63, 3.8) is 0 Å². The number of rotatable bonds is 8. The summed E-state index contributed by atoms with van der Waals surface area (Å²) >= 11 is 0. The van der Waals surface area contributed by atoms with E-state index in [4.69, 9.17) is 18.9 Å². The first kappa shape index (κ1) is 18.9. The summed E-state index contributed by atoms with van der Waals surface area (Å²) in [5.41, 5.74) is 1.71.